The van der Waals surface area contributed by atoms with Crippen molar-refractivity contribution in [2.45, 2.75) is 28.7 Å². The van der Waals surface area contributed by atoms with Gasteiger partial charge in [-0.05, 0) is 0 Å². The fourth-order valence-corrected chi connectivity index (χ4v) is 0.295. The van der Waals surface area contributed by atoms with Gasteiger partial charge in [0.1, 0.15) is 6.79 Å². The molecule has 0 aliphatic carbocycles. The summed E-state index contributed by atoms with van der Waals surface area (Å²) in [4.78, 5) is 0. The van der Waals surface area contributed by atoms with Gasteiger partial charge in [0.05, 0.1) is 13.2 Å². The second-order valence-corrected chi connectivity index (χ2v) is 0.934. The molecule has 0 amide bonds. The van der Waals surface area contributed by atoms with Crippen molar-refractivity contribution >= 4 is 0 Å². The Bertz CT molecular complexity index is 26.9. The molecule has 0 N–H and O–H groups in total. The molecule has 11 heavy (non-hydrogen) atoms. The topological polar surface area (TPSA) is 18.5 Å². The fraction of sp³-hybridized carbons (Fsp3) is 0.778. The zero-order valence-corrected chi connectivity index (χ0v) is 6.35. The van der Waals surface area contributed by atoms with Gasteiger partial charge >= 0.3 is 0 Å². The number of hydrogen-bond acceptors (Lipinski definition) is 2. The minimum Gasteiger partial charge on any atom is -0.353 e. The van der Waals surface area contributed by atoms with E-state index in [1.807, 2.05) is 13.8 Å². The molecule has 0 aromatic carbocycles. The van der Waals surface area contributed by atoms with Crippen molar-refractivity contribution in [2.75, 3.05) is 20.0 Å². The Balaban J connectivity index is -0.0000000369. The molecular weight excluding hydrogens is 140 g/mol. The van der Waals surface area contributed by atoms with E-state index in [9.17, 15) is 0 Å². The lowest BCUT2D eigenvalue weighted by Gasteiger charge is -1.76. The first kappa shape index (κ1) is 22.4. The summed E-state index contributed by atoms with van der Waals surface area (Å²) in [6.07, 6.45) is 0. The fourth-order valence-electron chi connectivity index (χ4n) is 0.295. The van der Waals surface area contributed by atoms with Crippen molar-refractivity contribution < 1.29 is 9.47 Å². The van der Waals surface area contributed by atoms with Crippen LogP contribution in [0.4, 0.5) is 0 Å². The molecule has 1 saturated heterocycles. The van der Waals surface area contributed by atoms with Gasteiger partial charge < -0.3 is 9.47 Å². The van der Waals surface area contributed by atoms with Crippen molar-refractivity contribution in [3.8, 4) is 0 Å². The van der Waals surface area contributed by atoms with Crippen molar-refractivity contribution in [3.05, 3.63) is 13.2 Å². The van der Waals surface area contributed by atoms with Gasteiger partial charge in [-0.2, -0.15) is 0 Å². The largest absolute Gasteiger partial charge is 0.353 e. The molecule has 0 aromatic heterocycles. The minimum atomic E-state index is 0. The molecule has 0 aromatic rings. The number of rotatable bonds is 0. The molecule has 0 atom stereocenters. The molecule has 0 bridgehead atoms. The van der Waals surface area contributed by atoms with Crippen LogP contribution in [0.15, 0.2) is 13.2 Å². The highest BCUT2D eigenvalue weighted by Gasteiger charge is 1.93. The molecule has 1 aliphatic heterocycles. The molecule has 0 saturated carbocycles. The predicted octanol–water partition coefficient (Wildman–Crippen LogP) is 3.09. The van der Waals surface area contributed by atoms with Gasteiger partial charge in [0, 0.05) is 0 Å². The lowest BCUT2D eigenvalue weighted by molar-refractivity contribution is 0.0692. The summed E-state index contributed by atoms with van der Waals surface area (Å²) in [5.41, 5.74) is 0. The summed E-state index contributed by atoms with van der Waals surface area (Å²) in [6.45, 7) is 12.1. The van der Waals surface area contributed by atoms with Crippen LogP contribution in [0.1, 0.15) is 28.7 Å². The molecule has 72 valence electrons. The third-order valence-electron chi connectivity index (χ3n) is 0.539. The highest BCUT2D eigenvalue weighted by Crippen LogP contribution is 1.85. The molecule has 0 unspecified atom stereocenters. The molecule has 0 spiro atoms. The van der Waals surface area contributed by atoms with Crippen molar-refractivity contribution in [1.82, 2.24) is 0 Å². The van der Waals surface area contributed by atoms with E-state index in [1.165, 1.54) is 0 Å². The van der Waals surface area contributed by atoms with Gasteiger partial charge in [0.2, 0.25) is 0 Å². The van der Waals surface area contributed by atoms with Crippen molar-refractivity contribution in [2.24, 2.45) is 0 Å². The van der Waals surface area contributed by atoms with E-state index in [-0.39, 0.29) is 14.9 Å². The van der Waals surface area contributed by atoms with Crippen LogP contribution >= 0.6 is 0 Å². The molecule has 2 nitrogen and oxygen atoms in total. The molecule has 1 aliphatic rings. The maximum absolute atomic E-state index is 4.72. The van der Waals surface area contributed by atoms with Crippen LogP contribution in [0, 0.1) is 0 Å². The summed E-state index contributed by atoms with van der Waals surface area (Å²) in [7, 11) is 0. The van der Waals surface area contributed by atoms with Crippen LogP contribution in [0.3, 0.4) is 0 Å². The monoisotopic (exact) mass is 164 g/mol. The van der Waals surface area contributed by atoms with Crippen LogP contribution in [0.5, 0.6) is 0 Å². The standard InChI is InChI=1S/C3H6O2.C2H6.C2H4.2CH4/c1-2-5-3-4-1;2*1-2;;/h1-3H2;1-2H3;1-2H2;2*1H4. The zero-order valence-electron chi connectivity index (χ0n) is 6.35. The van der Waals surface area contributed by atoms with Gasteiger partial charge in [0.25, 0.3) is 0 Å². The Labute approximate surface area is 72.2 Å². The molecule has 0 radical (unpaired) electrons. The first-order valence-corrected chi connectivity index (χ1v) is 3.15. The van der Waals surface area contributed by atoms with Crippen LogP contribution in [-0.2, 0) is 9.47 Å². The SMILES string of the molecule is C.C.C1COCO1.C=C.CC. The Morgan fingerprint density at radius 1 is 0.909 bits per heavy atom. The maximum Gasteiger partial charge on any atom is 0.146 e. The van der Waals surface area contributed by atoms with Crippen LogP contribution in [0.25, 0.3) is 0 Å². The average Bonchev–Trinajstić information content (AvgIpc) is 2.51. The molecule has 1 fully saturated rings. The Morgan fingerprint density at radius 3 is 1.27 bits per heavy atom. The van der Waals surface area contributed by atoms with Gasteiger partial charge in [-0.25, -0.2) is 0 Å². The van der Waals surface area contributed by atoms with Crippen molar-refractivity contribution in [1.29, 1.82) is 0 Å². The quantitative estimate of drug-likeness (QED) is 0.512. The highest BCUT2D eigenvalue weighted by atomic mass is 16.7. The van der Waals surface area contributed by atoms with E-state index in [0.717, 1.165) is 13.2 Å². The summed E-state index contributed by atoms with van der Waals surface area (Å²) in [5, 5.41) is 0. The third kappa shape index (κ3) is 26.1. The van der Waals surface area contributed by atoms with E-state index in [4.69, 9.17) is 9.47 Å². The maximum atomic E-state index is 4.72. The van der Waals surface area contributed by atoms with Crippen LogP contribution in [-0.4, -0.2) is 20.0 Å². The number of ether oxygens (including phenoxy) is 2. The third-order valence-corrected chi connectivity index (χ3v) is 0.539. The van der Waals surface area contributed by atoms with Gasteiger partial charge in [-0.15, -0.1) is 13.2 Å². The molecule has 2 heteroatoms. The van der Waals surface area contributed by atoms with Gasteiger partial charge in [0.15, 0.2) is 0 Å². The van der Waals surface area contributed by atoms with E-state index in [1.54, 1.807) is 0 Å². The summed E-state index contributed by atoms with van der Waals surface area (Å²) in [6, 6.07) is 0. The van der Waals surface area contributed by atoms with Crippen molar-refractivity contribution in [3.63, 3.8) is 0 Å². The highest BCUT2D eigenvalue weighted by molar-refractivity contribution is 4.28. The zero-order chi connectivity index (χ0) is 7.54. The normalized spacial score (nSPS) is 11.8. The lowest BCUT2D eigenvalue weighted by Crippen LogP contribution is -1.79. The smallest absolute Gasteiger partial charge is 0.146 e. The second kappa shape index (κ2) is 33.4. The first-order valence-electron chi connectivity index (χ1n) is 3.15. The lowest BCUT2D eigenvalue weighted by atomic mass is 10.8. The van der Waals surface area contributed by atoms with E-state index < -0.39 is 0 Å². The second-order valence-electron chi connectivity index (χ2n) is 0.934. The first-order chi connectivity index (χ1) is 4.50. The average molecular weight is 164 g/mol. The van der Waals surface area contributed by atoms with E-state index in [2.05, 4.69) is 13.2 Å². The van der Waals surface area contributed by atoms with Crippen LogP contribution < -0.4 is 0 Å². The van der Waals surface area contributed by atoms with E-state index >= 15 is 0 Å². The molecule has 1 heterocycles. The Hall–Kier alpha value is -0.340. The van der Waals surface area contributed by atoms with E-state index in [0.29, 0.717) is 6.79 Å². The molecule has 1 rings (SSSR count). The summed E-state index contributed by atoms with van der Waals surface area (Å²) < 4.78 is 9.44. The van der Waals surface area contributed by atoms with Gasteiger partial charge in [-0.3, -0.25) is 0 Å². The van der Waals surface area contributed by atoms with Crippen LogP contribution in [0.2, 0.25) is 0 Å². The minimum absolute atomic E-state index is 0. The molecular formula is C9H24O2. The Kier molecular flexibility index (Phi) is 68.0. The summed E-state index contributed by atoms with van der Waals surface area (Å²) in [5.74, 6) is 0. The number of hydrogen-bond donors (Lipinski definition) is 0. The summed E-state index contributed by atoms with van der Waals surface area (Å²) >= 11 is 0. The Morgan fingerprint density at radius 2 is 1.18 bits per heavy atom. The predicted molar refractivity (Wildman–Crippen MR) is 52.8 cm³/mol. The van der Waals surface area contributed by atoms with Gasteiger partial charge in [-0.1, -0.05) is 28.7 Å².